The molecule has 0 radical (unpaired) electrons. The van der Waals surface area contributed by atoms with Gasteiger partial charge in [0.1, 0.15) is 6.54 Å². The van der Waals surface area contributed by atoms with Gasteiger partial charge in [0.05, 0.1) is 0 Å². The SMILES string of the molecule is CCN(CC)C(=O)N(CC(N)=O)Cc1cccc(N)c1. The van der Waals surface area contributed by atoms with Crippen molar-refractivity contribution in [2.24, 2.45) is 5.73 Å². The Balaban J connectivity index is 2.89. The van der Waals surface area contributed by atoms with Crippen LogP contribution in [-0.2, 0) is 11.3 Å². The summed E-state index contributed by atoms with van der Waals surface area (Å²) < 4.78 is 0. The summed E-state index contributed by atoms with van der Waals surface area (Å²) in [6, 6.07) is 7.03. The van der Waals surface area contributed by atoms with Gasteiger partial charge in [-0.3, -0.25) is 4.79 Å². The van der Waals surface area contributed by atoms with Crippen molar-refractivity contribution >= 4 is 17.6 Å². The number of nitrogens with two attached hydrogens (primary N) is 2. The normalized spacial score (nSPS) is 10.1. The summed E-state index contributed by atoms with van der Waals surface area (Å²) in [5.41, 5.74) is 12.4. The third kappa shape index (κ3) is 4.46. The molecule has 0 aliphatic rings. The number of hydrogen-bond acceptors (Lipinski definition) is 3. The highest BCUT2D eigenvalue weighted by Gasteiger charge is 2.20. The van der Waals surface area contributed by atoms with Gasteiger partial charge in [-0.25, -0.2) is 4.79 Å². The zero-order valence-electron chi connectivity index (χ0n) is 12.0. The van der Waals surface area contributed by atoms with E-state index in [2.05, 4.69) is 0 Å². The Kier molecular flexibility index (Phi) is 5.83. The minimum absolute atomic E-state index is 0.107. The molecule has 0 unspecified atom stereocenters. The molecule has 0 aliphatic carbocycles. The van der Waals surface area contributed by atoms with Gasteiger partial charge in [0.15, 0.2) is 0 Å². The molecule has 0 aromatic heterocycles. The van der Waals surface area contributed by atoms with Gasteiger partial charge in [0.2, 0.25) is 5.91 Å². The lowest BCUT2D eigenvalue weighted by Gasteiger charge is -2.28. The van der Waals surface area contributed by atoms with Gasteiger partial charge >= 0.3 is 6.03 Å². The Morgan fingerprint density at radius 2 is 1.80 bits per heavy atom. The van der Waals surface area contributed by atoms with Gasteiger partial charge in [-0.2, -0.15) is 0 Å². The van der Waals surface area contributed by atoms with Crippen LogP contribution in [0.2, 0.25) is 0 Å². The highest BCUT2D eigenvalue weighted by molar-refractivity contribution is 5.83. The first-order valence-electron chi connectivity index (χ1n) is 6.64. The molecule has 0 spiro atoms. The van der Waals surface area contributed by atoms with Crippen molar-refractivity contribution in [1.29, 1.82) is 0 Å². The lowest BCUT2D eigenvalue weighted by atomic mass is 10.2. The second-order valence-electron chi connectivity index (χ2n) is 4.52. The molecule has 6 nitrogen and oxygen atoms in total. The van der Waals surface area contributed by atoms with Gasteiger partial charge < -0.3 is 21.3 Å². The molecule has 0 saturated carbocycles. The van der Waals surface area contributed by atoms with Crippen molar-refractivity contribution in [3.8, 4) is 0 Å². The predicted octanol–water partition coefficient (Wildman–Crippen LogP) is 1.02. The minimum atomic E-state index is -0.533. The average molecular weight is 278 g/mol. The first-order chi connectivity index (χ1) is 9.47. The number of benzene rings is 1. The van der Waals surface area contributed by atoms with E-state index in [1.165, 1.54) is 4.90 Å². The molecule has 1 aromatic carbocycles. The Labute approximate surface area is 119 Å². The number of carbonyl (C=O) groups is 2. The van der Waals surface area contributed by atoms with Gasteiger partial charge in [-0.15, -0.1) is 0 Å². The van der Waals surface area contributed by atoms with E-state index in [9.17, 15) is 9.59 Å². The third-order valence-electron chi connectivity index (χ3n) is 2.98. The Morgan fingerprint density at radius 1 is 1.15 bits per heavy atom. The Hall–Kier alpha value is -2.24. The van der Waals surface area contributed by atoms with Crippen molar-refractivity contribution in [3.05, 3.63) is 29.8 Å². The molecule has 6 heteroatoms. The molecule has 0 heterocycles. The molecule has 1 rings (SSSR count). The van der Waals surface area contributed by atoms with Crippen LogP contribution < -0.4 is 11.5 Å². The largest absolute Gasteiger partial charge is 0.399 e. The van der Waals surface area contributed by atoms with Gasteiger partial charge in [0, 0.05) is 25.3 Å². The topological polar surface area (TPSA) is 92.7 Å². The quantitative estimate of drug-likeness (QED) is 0.761. The van der Waals surface area contributed by atoms with Crippen molar-refractivity contribution in [1.82, 2.24) is 9.80 Å². The monoisotopic (exact) mass is 278 g/mol. The number of carbonyl (C=O) groups excluding carboxylic acids is 2. The van der Waals surface area contributed by atoms with Crippen molar-refractivity contribution in [3.63, 3.8) is 0 Å². The van der Waals surface area contributed by atoms with E-state index in [0.29, 0.717) is 25.3 Å². The van der Waals surface area contributed by atoms with Crippen LogP contribution in [0.4, 0.5) is 10.5 Å². The van der Waals surface area contributed by atoms with Crippen molar-refractivity contribution in [2.45, 2.75) is 20.4 Å². The molecule has 1 aromatic rings. The van der Waals surface area contributed by atoms with E-state index >= 15 is 0 Å². The van der Waals surface area contributed by atoms with Gasteiger partial charge in [0.25, 0.3) is 0 Å². The molecule has 3 amide bonds. The summed E-state index contributed by atoms with van der Waals surface area (Å²) in [6.07, 6.45) is 0. The molecule has 0 aliphatic heterocycles. The second kappa shape index (κ2) is 7.37. The van der Waals surface area contributed by atoms with E-state index in [1.54, 1.807) is 17.0 Å². The van der Waals surface area contributed by atoms with E-state index in [-0.39, 0.29) is 12.6 Å². The van der Waals surface area contributed by atoms with Crippen LogP contribution in [0.1, 0.15) is 19.4 Å². The van der Waals surface area contributed by atoms with Crippen LogP contribution >= 0.6 is 0 Å². The molecule has 0 atom stereocenters. The summed E-state index contributed by atoms with van der Waals surface area (Å²) in [6.45, 7) is 5.16. The smallest absolute Gasteiger partial charge is 0.320 e. The number of amides is 3. The summed E-state index contributed by atoms with van der Waals surface area (Å²) in [7, 11) is 0. The van der Waals surface area contributed by atoms with Crippen LogP contribution in [0, 0.1) is 0 Å². The maximum absolute atomic E-state index is 12.3. The number of urea groups is 1. The highest BCUT2D eigenvalue weighted by Crippen LogP contribution is 2.11. The fourth-order valence-electron chi connectivity index (χ4n) is 1.99. The van der Waals surface area contributed by atoms with E-state index in [1.807, 2.05) is 26.0 Å². The van der Waals surface area contributed by atoms with Gasteiger partial charge in [-0.05, 0) is 31.5 Å². The van der Waals surface area contributed by atoms with Crippen LogP contribution in [0.25, 0.3) is 0 Å². The molecule has 0 saturated heterocycles. The van der Waals surface area contributed by atoms with Crippen LogP contribution in [0.3, 0.4) is 0 Å². The molecule has 20 heavy (non-hydrogen) atoms. The summed E-state index contributed by atoms with van der Waals surface area (Å²) >= 11 is 0. The number of anilines is 1. The Bertz CT molecular complexity index is 472. The maximum Gasteiger partial charge on any atom is 0.320 e. The maximum atomic E-state index is 12.3. The molecular weight excluding hydrogens is 256 g/mol. The molecule has 4 N–H and O–H groups in total. The van der Waals surface area contributed by atoms with Crippen molar-refractivity contribution < 1.29 is 9.59 Å². The van der Waals surface area contributed by atoms with Crippen LogP contribution in [0.5, 0.6) is 0 Å². The summed E-state index contributed by atoms with van der Waals surface area (Å²) in [5.74, 6) is -0.533. The van der Waals surface area contributed by atoms with Crippen molar-refractivity contribution in [2.75, 3.05) is 25.4 Å². The number of rotatable bonds is 6. The minimum Gasteiger partial charge on any atom is -0.399 e. The highest BCUT2D eigenvalue weighted by atomic mass is 16.2. The third-order valence-corrected chi connectivity index (χ3v) is 2.98. The first kappa shape index (κ1) is 15.8. The van der Waals surface area contributed by atoms with E-state index in [4.69, 9.17) is 11.5 Å². The number of hydrogen-bond donors (Lipinski definition) is 2. The fourth-order valence-corrected chi connectivity index (χ4v) is 1.99. The summed E-state index contributed by atoms with van der Waals surface area (Å²) in [5, 5.41) is 0. The predicted molar refractivity (Wildman–Crippen MR) is 78.8 cm³/mol. The average Bonchev–Trinajstić information content (AvgIpc) is 2.38. The standard InChI is InChI=1S/C14H22N4O2/c1-3-17(4-2)14(20)18(10-13(16)19)9-11-6-5-7-12(15)8-11/h5-8H,3-4,9-10,15H2,1-2H3,(H2,16,19). The molecule has 0 bridgehead atoms. The Morgan fingerprint density at radius 3 is 2.30 bits per heavy atom. The van der Waals surface area contributed by atoms with E-state index in [0.717, 1.165) is 5.56 Å². The number of nitrogens with zero attached hydrogens (tertiary/aromatic N) is 2. The second-order valence-corrected chi connectivity index (χ2v) is 4.52. The first-order valence-corrected chi connectivity index (χ1v) is 6.64. The number of primary amides is 1. The number of nitrogen functional groups attached to an aromatic ring is 1. The zero-order valence-corrected chi connectivity index (χ0v) is 12.0. The van der Waals surface area contributed by atoms with E-state index < -0.39 is 5.91 Å². The lowest BCUT2D eigenvalue weighted by molar-refractivity contribution is -0.118. The molecular formula is C14H22N4O2. The lowest BCUT2D eigenvalue weighted by Crippen LogP contribution is -2.46. The van der Waals surface area contributed by atoms with Crippen LogP contribution in [0.15, 0.2) is 24.3 Å². The molecule has 110 valence electrons. The molecule has 0 fully saturated rings. The fraction of sp³-hybridized carbons (Fsp3) is 0.429. The van der Waals surface area contributed by atoms with Crippen LogP contribution in [-0.4, -0.2) is 41.4 Å². The summed E-state index contributed by atoms with van der Waals surface area (Å²) in [4.78, 5) is 26.6. The zero-order chi connectivity index (χ0) is 15.1. The van der Waals surface area contributed by atoms with Gasteiger partial charge in [-0.1, -0.05) is 12.1 Å².